The lowest BCUT2D eigenvalue weighted by Crippen LogP contribution is -2.32. The van der Waals surface area contributed by atoms with Gasteiger partial charge in [0, 0.05) is 11.5 Å². The van der Waals surface area contributed by atoms with Gasteiger partial charge in [-0.1, -0.05) is 27.2 Å². The summed E-state index contributed by atoms with van der Waals surface area (Å²) in [6.45, 7) is 11.2. The maximum Gasteiger partial charge on any atom is 0.166 e. The Kier molecular flexibility index (Phi) is 6.64. The second kappa shape index (κ2) is 8.49. The molecule has 0 amide bonds. The van der Waals surface area contributed by atoms with Gasteiger partial charge in [-0.3, -0.25) is 4.79 Å². The van der Waals surface area contributed by atoms with Gasteiger partial charge < -0.3 is 10.1 Å². The minimum Gasteiger partial charge on any atom is -0.493 e. The van der Waals surface area contributed by atoms with Crippen molar-refractivity contribution in [2.75, 3.05) is 19.7 Å². The second-order valence-corrected chi connectivity index (χ2v) is 6.95. The van der Waals surface area contributed by atoms with Crippen LogP contribution < -0.4 is 10.1 Å². The number of rotatable bonds is 7. The first-order valence-corrected chi connectivity index (χ1v) is 9.06. The summed E-state index contributed by atoms with van der Waals surface area (Å²) in [4.78, 5) is 12.9. The molecule has 23 heavy (non-hydrogen) atoms. The number of ether oxygens (including phenoxy) is 1. The van der Waals surface area contributed by atoms with Gasteiger partial charge in [-0.05, 0) is 68.5 Å². The largest absolute Gasteiger partial charge is 0.493 e. The zero-order valence-corrected chi connectivity index (χ0v) is 15.1. The minimum absolute atomic E-state index is 0.168. The molecule has 1 aliphatic heterocycles. The molecule has 2 rings (SSSR count). The van der Waals surface area contributed by atoms with Crippen molar-refractivity contribution in [1.82, 2.24) is 5.32 Å². The van der Waals surface area contributed by atoms with E-state index >= 15 is 0 Å². The Balaban J connectivity index is 2.26. The monoisotopic (exact) mass is 317 g/mol. The maximum atomic E-state index is 12.9. The van der Waals surface area contributed by atoms with E-state index in [1.54, 1.807) is 0 Å². The first-order chi connectivity index (χ1) is 11.0. The van der Waals surface area contributed by atoms with Crippen molar-refractivity contribution in [2.45, 2.75) is 59.3 Å². The average Bonchev–Trinajstić information content (AvgIpc) is 2.55. The van der Waals surface area contributed by atoms with Crippen molar-refractivity contribution in [3.63, 3.8) is 0 Å². The fraction of sp³-hybridized carbons (Fsp3) is 0.650. The number of piperidine rings is 1. The molecule has 1 aromatic carbocycles. The summed E-state index contributed by atoms with van der Waals surface area (Å²) in [5, 5.41) is 3.33. The van der Waals surface area contributed by atoms with Crippen LogP contribution in [0, 0.1) is 12.8 Å². The number of Topliss-reactive ketones (excluding diaryl/α,β-unsaturated/α-hetero) is 1. The predicted molar refractivity (Wildman–Crippen MR) is 95.6 cm³/mol. The molecular weight excluding hydrogens is 286 g/mol. The van der Waals surface area contributed by atoms with Crippen LogP contribution in [0.25, 0.3) is 0 Å². The van der Waals surface area contributed by atoms with Gasteiger partial charge in [0.2, 0.25) is 0 Å². The van der Waals surface area contributed by atoms with Crippen LogP contribution in [0.3, 0.4) is 0 Å². The van der Waals surface area contributed by atoms with Crippen LogP contribution in [0.5, 0.6) is 5.75 Å². The molecular formula is C20H31NO2. The smallest absolute Gasteiger partial charge is 0.166 e. The van der Waals surface area contributed by atoms with Gasteiger partial charge in [0.25, 0.3) is 0 Å². The maximum absolute atomic E-state index is 12.9. The Labute approximate surface area is 140 Å². The molecule has 3 nitrogen and oxygen atoms in total. The Morgan fingerprint density at radius 2 is 2.00 bits per heavy atom. The molecule has 0 spiro atoms. The second-order valence-electron chi connectivity index (χ2n) is 6.95. The van der Waals surface area contributed by atoms with Gasteiger partial charge >= 0.3 is 0 Å². The highest BCUT2D eigenvalue weighted by atomic mass is 16.5. The van der Waals surface area contributed by atoms with Crippen molar-refractivity contribution in [1.29, 1.82) is 0 Å². The molecule has 0 unspecified atom stereocenters. The normalized spacial score (nSPS) is 15.9. The number of ketones is 1. The highest BCUT2D eigenvalue weighted by Crippen LogP contribution is 2.32. The molecule has 0 radical (unpaired) electrons. The van der Waals surface area contributed by atoms with Crippen LogP contribution >= 0.6 is 0 Å². The zero-order chi connectivity index (χ0) is 16.8. The highest BCUT2D eigenvalue weighted by molar-refractivity contribution is 5.99. The third-order valence-electron chi connectivity index (χ3n) is 4.71. The summed E-state index contributed by atoms with van der Waals surface area (Å²) in [6.07, 6.45) is 4.09. The Hall–Kier alpha value is -1.35. The number of aryl methyl sites for hydroxylation is 1. The van der Waals surface area contributed by atoms with Crippen molar-refractivity contribution in [3.05, 3.63) is 28.8 Å². The van der Waals surface area contributed by atoms with Crippen LogP contribution in [0.1, 0.15) is 73.9 Å². The van der Waals surface area contributed by atoms with E-state index in [1.165, 1.54) is 0 Å². The molecule has 0 aromatic heterocycles. The van der Waals surface area contributed by atoms with Crippen LogP contribution in [-0.2, 0) is 0 Å². The van der Waals surface area contributed by atoms with E-state index in [-0.39, 0.29) is 5.92 Å². The molecule has 1 aromatic rings. The van der Waals surface area contributed by atoms with E-state index in [9.17, 15) is 4.79 Å². The van der Waals surface area contributed by atoms with Crippen molar-refractivity contribution < 1.29 is 9.53 Å². The van der Waals surface area contributed by atoms with Crippen LogP contribution in [-0.4, -0.2) is 25.5 Å². The Morgan fingerprint density at radius 1 is 1.30 bits per heavy atom. The number of carbonyl (C=O) groups is 1. The average molecular weight is 317 g/mol. The minimum atomic E-state index is 0.168. The van der Waals surface area contributed by atoms with E-state index in [1.807, 2.05) is 6.92 Å². The summed E-state index contributed by atoms with van der Waals surface area (Å²) in [7, 11) is 0. The molecule has 1 N–H and O–H groups in total. The van der Waals surface area contributed by atoms with Crippen LogP contribution in [0.4, 0.5) is 0 Å². The standard InChI is InChI=1S/C20H31NO2/c1-5-6-11-23-19-12-15(4)18(13-17(19)14(2)3)20(22)16-7-9-21-10-8-16/h12-14,16,21H,5-11H2,1-4H3. The van der Waals surface area contributed by atoms with E-state index in [4.69, 9.17) is 4.74 Å². The van der Waals surface area contributed by atoms with E-state index in [2.05, 4.69) is 38.2 Å². The molecule has 1 saturated heterocycles. The van der Waals surface area contributed by atoms with Gasteiger partial charge in [0.15, 0.2) is 5.78 Å². The molecule has 0 bridgehead atoms. The van der Waals surface area contributed by atoms with Crippen LogP contribution in [0.15, 0.2) is 12.1 Å². The summed E-state index contributed by atoms with van der Waals surface area (Å²) in [6, 6.07) is 4.16. The topological polar surface area (TPSA) is 38.3 Å². The Bertz CT molecular complexity index is 531. The number of hydrogen-bond donors (Lipinski definition) is 1. The first kappa shape index (κ1) is 18.0. The van der Waals surface area contributed by atoms with E-state index < -0.39 is 0 Å². The molecule has 1 fully saturated rings. The Morgan fingerprint density at radius 3 is 2.61 bits per heavy atom. The lowest BCUT2D eigenvalue weighted by Gasteiger charge is -2.23. The first-order valence-electron chi connectivity index (χ1n) is 9.06. The predicted octanol–water partition coefficient (Wildman–Crippen LogP) is 4.48. The third kappa shape index (κ3) is 4.57. The number of nitrogens with one attached hydrogen (secondary N) is 1. The molecule has 1 heterocycles. The number of benzene rings is 1. The van der Waals surface area contributed by atoms with Gasteiger partial charge in [-0.15, -0.1) is 0 Å². The SMILES string of the molecule is CCCCOc1cc(C)c(C(=O)C2CCNCC2)cc1C(C)C. The molecule has 0 aliphatic carbocycles. The quantitative estimate of drug-likeness (QED) is 0.595. The summed E-state index contributed by atoms with van der Waals surface area (Å²) < 4.78 is 5.98. The van der Waals surface area contributed by atoms with Crippen molar-refractivity contribution in [3.8, 4) is 5.75 Å². The third-order valence-corrected chi connectivity index (χ3v) is 4.71. The molecule has 0 saturated carbocycles. The summed E-state index contributed by atoms with van der Waals surface area (Å²) in [5.74, 6) is 1.78. The molecule has 0 atom stereocenters. The fourth-order valence-electron chi connectivity index (χ4n) is 3.17. The summed E-state index contributed by atoms with van der Waals surface area (Å²) >= 11 is 0. The van der Waals surface area contributed by atoms with Gasteiger partial charge in [-0.25, -0.2) is 0 Å². The van der Waals surface area contributed by atoms with Gasteiger partial charge in [-0.2, -0.15) is 0 Å². The fourth-order valence-corrected chi connectivity index (χ4v) is 3.17. The molecule has 1 aliphatic rings. The highest BCUT2D eigenvalue weighted by Gasteiger charge is 2.25. The van der Waals surface area contributed by atoms with E-state index in [0.29, 0.717) is 11.7 Å². The van der Waals surface area contributed by atoms with Crippen molar-refractivity contribution in [2.24, 2.45) is 5.92 Å². The van der Waals surface area contributed by atoms with E-state index in [0.717, 1.165) is 67.8 Å². The summed E-state index contributed by atoms with van der Waals surface area (Å²) in [5.41, 5.74) is 3.09. The zero-order valence-electron chi connectivity index (χ0n) is 15.1. The lowest BCUT2D eigenvalue weighted by molar-refractivity contribution is 0.0894. The molecule has 3 heteroatoms. The number of hydrogen-bond acceptors (Lipinski definition) is 3. The van der Waals surface area contributed by atoms with Gasteiger partial charge in [0.1, 0.15) is 5.75 Å². The number of unbranched alkanes of at least 4 members (excludes halogenated alkanes) is 1. The number of carbonyl (C=O) groups excluding carboxylic acids is 1. The van der Waals surface area contributed by atoms with Crippen LogP contribution in [0.2, 0.25) is 0 Å². The van der Waals surface area contributed by atoms with Gasteiger partial charge in [0.05, 0.1) is 6.61 Å². The molecule has 128 valence electrons. The van der Waals surface area contributed by atoms with Crippen molar-refractivity contribution >= 4 is 5.78 Å². The lowest BCUT2D eigenvalue weighted by atomic mass is 9.86.